The summed E-state index contributed by atoms with van der Waals surface area (Å²) in [6.45, 7) is 0. The number of benzene rings is 2. The molecule has 0 unspecified atom stereocenters. The highest BCUT2D eigenvalue weighted by Crippen LogP contribution is 2.27. The number of amides is 1. The summed E-state index contributed by atoms with van der Waals surface area (Å²) in [6, 6.07) is 14.1. The van der Waals surface area contributed by atoms with Crippen molar-refractivity contribution in [2.75, 3.05) is 18.2 Å². The van der Waals surface area contributed by atoms with E-state index in [1.807, 2.05) is 48.8 Å². The lowest BCUT2D eigenvalue weighted by atomic mass is 10.2. The Morgan fingerprint density at radius 1 is 1.10 bits per heavy atom. The van der Waals surface area contributed by atoms with Gasteiger partial charge in [0.05, 0.1) is 18.6 Å². The smallest absolute Gasteiger partial charge is 0.234 e. The summed E-state index contributed by atoms with van der Waals surface area (Å²) in [6.07, 6.45) is 3.65. The molecule has 1 N–H and O–H groups in total. The fourth-order valence-corrected chi connectivity index (χ4v) is 3.61. The Morgan fingerprint density at radius 2 is 1.90 bits per heavy atom. The summed E-state index contributed by atoms with van der Waals surface area (Å²) in [5, 5.41) is 11.4. The maximum absolute atomic E-state index is 13.8. The SMILES string of the molecule is COc1cccc(-c2nnc(SCC(=O)Nc3ccc(F)cc3F)n2-n2cccc2)c1. The lowest BCUT2D eigenvalue weighted by molar-refractivity contribution is -0.113. The van der Waals surface area contributed by atoms with Gasteiger partial charge in [0, 0.05) is 24.0 Å². The Bertz CT molecular complexity index is 1210. The molecule has 0 saturated heterocycles. The number of ether oxygens (including phenoxy) is 1. The van der Waals surface area contributed by atoms with E-state index in [0.29, 0.717) is 22.8 Å². The van der Waals surface area contributed by atoms with Gasteiger partial charge in [-0.15, -0.1) is 10.2 Å². The minimum atomic E-state index is -0.839. The fourth-order valence-electron chi connectivity index (χ4n) is 2.87. The highest BCUT2D eigenvalue weighted by molar-refractivity contribution is 7.99. The molecule has 0 atom stereocenters. The molecule has 7 nitrogen and oxygen atoms in total. The number of rotatable bonds is 7. The van der Waals surface area contributed by atoms with E-state index in [1.165, 1.54) is 6.07 Å². The number of methoxy groups -OCH3 is 1. The molecule has 0 radical (unpaired) electrons. The summed E-state index contributed by atoms with van der Waals surface area (Å²) >= 11 is 1.14. The van der Waals surface area contributed by atoms with Gasteiger partial charge in [-0.25, -0.2) is 13.5 Å². The van der Waals surface area contributed by atoms with Crippen molar-refractivity contribution < 1.29 is 18.3 Å². The molecule has 0 aliphatic heterocycles. The first-order valence-corrected chi connectivity index (χ1v) is 10.1. The Balaban J connectivity index is 1.57. The molecule has 4 aromatic rings. The highest BCUT2D eigenvalue weighted by Gasteiger charge is 2.18. The standard InChI is InChI=1S/C21H17F2N5O2S/c1-30-16-6-4-5-14(11-16)20-25-26-21(28(20)27-9-2-3-10-27)31-13-19(29)24-18-8-7-15(22)12-17(18)23/h2-12H,13H2,1H3,(H,24,29). The molecule has 10 heteroatoms. The zero-order chi connectivity index (χ0) is 21.8. The summed E-state index contributed by atoms with van der Waals surface area (Å²) in [5.41, 5.74) is 0.696. The van der Waals surface area contributed by atoms with E-state index < -0.39 is 17.5 Å². The molecule has 0 spiro atoms. The van der Waals surface area contributed by atoms with Crippen LogP contribution in [0.25, 0.3) is 11.4 Å². The molecule has 31 heavy (non-hydrogen) atoms. The molecule has 0 fully saturated rings. The maximum Gasteiger partial charge on any atom is 0.234 e. The molecule has 2 heterocycles. The molecule has 158 valence electrons. The van der Waals surface area contributed by atoms with Crippen molar-refractivity contribution in [2.45, 2.75) is 5.16 Å². The average molecular weight is 441 g/mol. The predicted octanol–water partition coefficient (Wildman–Crippen LogP) is 4.08. The zero-order valence-corrected chi connectivity index (χ0v) is 17.1. The number of nitrogens with zero attached hydrogens (tertiary/aromatic N) is 4. The lowest BCUT2D eigenvalue weighted by Gasteiger charge is -2.12. The van der Waals surface area contributed by atoms with Gasteiger partial charge in [-0.2, -0.15) is 0 Å². The van der Waals surface area contributed by atoms with Gasteiger partial charge in [0.2, 0.25) is 11.1 Å². The zero-order valence-electron chi connectivity index (χ0n) is 16.3. The van der Waals surface area contributed by atoms with Gasteiger partial charge in [-0.05, 0) is 36.4 Å². The summed E-state index contributed by atoms with van der Waals surface area (Å²) in [7, 11) is 1.58. The fraction of sp³-hybridized carbons (Fsp3) is 0.0952. The van der Waals surface area contributed by atoms with Crippen LogP contribution in [0.4, 0.5) is 14.5 Å². The van der Waals surface area contributed by atoms with Crippen LogP contribution in [0.3, 0.4) is 0 Å². The van der Waals surface area contributed by atoms with Crippen molar-refractivity contribution in [3.8, 4) is 17.1 Å². The Kier molecular flexibility index (Phi) is 5.99. The van der Waals surface area contributed by atoms with Crippen LogP contribution in [0.1, 0.15) is 0 Å². The first-order valence-electron chi connectivity index (χ1n) is 9.16. The minimum Gasteiger partial charge on any atom is -0.497 e. The van der Waals surface area contributed by atoms with Gasteiger partial charge in [0.1, 0.15) is 17.4 Å². The maximum atomic E-state index is 13.8. The van der Waals surface area contributed by atoms with Crippen LogP contribution in [-0.2, 0) is 4.79 Å². The van der Waals surface area contributed by atoms with Crippen LogP contribution >= 0.6 is 11.8 Å². The first-order chi connectivity index (χ1) is 15.0. The summed E-state index contributed by atoms with van der Waals surface area (Å²) in [4.78, 5) is 12.3. The van der Waals surface area contributed by atoms with E-state index >= 15 is 0 Å². The normalized spacial score (nSPS) is 10.8. The first kappa shape index (κ1) is 20.6. The van der Waals surface area contributed by atoms with Crippen LogP contribution in [-0.4, -0.2) is 38.3 Å². The van der Waals surface area contributed by atoms with Crippen molar-refractivity contribution in [1.82, 2.24) is 19.5 Å². The lowest BCUT2D eigenvalue weighted by Crippen LogP contribution is -2.16. The van der Waals surface area contributed by atoms with Gasteiger partial charge in [-0.3, -0.25) is 9.47 Å². The van der Waals surface area contributed by atoms with E-state index in [1.54, 1.807) is 16.5 Å². The number of anilines is 1. The third kappa shape index (κ3) is 4.58. The number of halogens is 2. The Morgan fingerprint density at radius 3 is 2.65 bits per heavy atom. The molecule has 0 bridgehead atoms. The van der Waals surface area contributed by atoms with Gasteiger partial charge >= 0.3 is 0 Å². The molecule has 0 aliphatic carbocycles. The van der Waals surface area contributed by atoms with Gasteiger partial charge < -0.3 is 10.1 Å². The van der Waals surface area contributed by atoms with Gasteiger partial charge in [0.15, 0.2) is 5.82 Å². The number of hydrogen-bond acceptors (Lipinski definition) is 5. The van der Waals surface area contributed by atoms with Gasteiger partial charge in [-0.1, -0.05) is 23.9 Å². The number of thioether (sulfide) groups is 1. The van der Waals surface area contributed by atoms with E-state index in [0.717, 1.165) is 23.4 Å². The van der Waals surface area contributed by atoms with Crippen LogP contribution in [0.2, 0.25) is 0 Å². The van der Waals surface area contributed by atoms with E-state index in [2.05, 4.69) is 15.5 Å². The van der Waals surface area contributed by atoms with Crippen molar-refractivity contribution in [3.05, 3.63) is 78.6 Å². The van der Waals surface area contributed by atoms with Crippen molar-refractivity contribution in [3.63, 3.8) is 0 Å². The molecule has 2 aromatic carbocycles. The van der Waals surface area contributed by atoms with Crippen LogP contribution in [0.5, 0.6) is 5.75 Å². The van der Waals surface area contributed by atoms with Crippen LogP contribution in [0, 0.1) is 11.6 Å². The predicted molar refractivity (Wildman–Crippen MR) is 113 cm³/mol. The summed E-state index contributed by atoms with van der Waals surface area (Å²) in [5.74, 6) is -0.824. The van der Waals surface area contributed by atoms with Crippen LogP contribution < -0.4 is 10.1 Å². The van der Waals surface area contributed by atoms with E-state index in [-0.39, 0.29) is 11.4 Å². The van der Waals surface area contributed by atoms with Crippen LogP contribution in [0.15, 0.2) is 72.1 Å². The minimum absolute atomic E-state index is 0.0473. The van der Waals surface area contributed by atoms with Gasteiger partial charge in [0.25, 0.3) is 0 Å². The Hall–Kier alpha value is -3.66. The Labute approximate surface area is 180 Å². The second-order valence-electron chi connectivity index (χ2n) is 6.37. The largest absolute Gasteiger partial charge is 0.497 e. The van der Waals surface area contributed by atoms with Crippen molar-refractivity contribution >= 4 is 23.4 Å². The number of aromatic nitrogens is 4. The molecule has 0 saturated carbocycles. The molecular weight excluding hydrogens is 424 g/mol. The van der Waals surface area contributed by atoms with E-state index in [4.69, 9.17) is 4.74 Å². The molecule has 4 rings (SSSR count). The average Bonchev–Trinajstić information content (AvgIpc) is 3.44. The van der Waals surface area contributed by atoms with E-state index in [9.17, 15) is 13.6 Å². The highest BCUT2D eigenvalue weighted by atomic mass is 32.2. The third-order valence-electron chi connectivity index (χ3n) is 4.30. The third-order valence-corrected chi connectivity index (χ3v) is 5.22. The van der Waals surface area contributed by atoms with Crippen molar-refractivity contribution in [1.29, 1.82) is 0 Å². The number of hydrogen-bond donors (Lipinski definition) is 1. The molecule has 1 amide bonds. The second kappa shape index (κ2) is 9.00. The summed E-state index contributed by atoms with van der Waals surface area (Å²) < 4.78 is 35.6. The van der Waals surface area contributed by atoms with Crippen molar-refractivity contribution in [2.24, 2.45) is 0 Å². The molecule has 0 aliphatic rings. The molecular formula is C21H17F2N5O2S. The molecule has 2 aromatic heterocycles. The number of carbonyl (C=O) groups excluding carboxylic acids is 1. The monoisotopic (exact) mass is 441 g/mol. The quantitative estimate of drug-likeness (QED) is 0.438. The topological polar surface area (TPSA) is 74.0 Å². The number of nitrogens with one attached hydrogen (secondary N) is 1. The second-order valence-corrected chi connectivity index (χ2v) is 7.32. The number of carbonyl (C=O) groups is 1.